The lowest BCUT2D eigenvalue weighted by molar-refractivity contribution is -0.124. The zero-order chi connectivity index (χ0) is 15.5. The highest BCUT2D eigenvalue weighted by molar-refractivity contribution is 5.85. The van der Waals surface area contributed by atoms with E-state index in [0.717, 1.165) is 29.8 Å². The van der Waals surface area contributed by atoms with E-state index in [2.05, 4.69) is 20.7 Å². The molecule has 4 rings (SSSR count). The second kappa shape index (κ2) is 4.52. The monoisotopic (exact) mass is 299 g/mol. The number of aromatic nitrogens is 3. The Kier molecular flexibility index (Phi) is 2.81. The summed E-state index contributed by atoms with van der Waals surface area (Å²) in [6.07, 6.45) is 1.76. The van der Waals surface area contributed by atoms with Gasteiger partial charge in [-0.15, -0.1) is 0 Å². The molecule has 116 valence electrons. The van der Waals surface area contributed by atoms with Crippen molar-refractivity contribution in [2.24, 2.45) is 24.8 Å². The molecule has 1 saturated heterocycles. The number of pyridine rings is 1. The molecule has 3 heterocycles. The normalized spacial score (nSPS) is 27.0. The Morgan fingerprint density at radius 3 is 2.86 bits per heavy atom. The molecule has 0 bridgehead atoms. The van der Waals surface area contributed by atoms with Gasteiger partial charge in [-0.05, 0) is 50.9 Å². The summed E-state index contributed by atoms with van der Waals surface area (Å²) in [6.45, 7) is 5.96. The van der Waals surface area contributed by atoms with Gasteiger partial charge in [0.15, 0.2) is 5.65 Å². The number of hydrogen-bond acceptors (Lipinski definition) is 4. The highest BCUT2D eigenvalue weighted by Crippen LogP contribution is 2.49. The SMILES string of the molecule is Cn1nc(C(C)(C)NC(=O)[C@H]2[C@@H]3CNC[C@@H]32)c2cccnc21. The number of carbonyl (C=O) groups excluding carboxylic acids is 1. The standard InChI is InChI=1S/C16H21N5O/c1-16(2,19-15(22)12-10-7-17-8-11(10)12)13-9-5-4-6-18-14(9)21(3)20-13/h4-6,10-12,17H,7-8H2,1-3H3,(H,19,22)/t10-,11+,12+. The van der Waals surface area contributed by atoms with Crippen molar-refractivity contribution < 1.29 is 4.79 Å². The van der Waals surface area contributed by atoms with E-state index in [1.54, 1.807) is 10.9 Å². The minimum atomic E-state index is -0.510. The fourth-order valence-electron chi connectivity index (χ4n) is 3.81. The molecule has 1 aliphatic heterocycles. The molecule has 1 aliphatic carbocycles. The predicted octanol–water partition coefficient (Wildman–Crippen LogP) is 0.785. The highest BCUT2D eigenvalue weighted by atomic mass is 16.2. The first kappa shape index (κ1) is 13.7. The van der Waals surface area contributed by atoms with Crippen LogP contribution >= 0.6 is 0 Å². The number of rotatable bonds is 3. The van der Waals surface area contributed by atoms with E-state index in [9.17, 15) is 4.79 Å². The summed E-state index contributed by atoms with van der Waals surface area (Å²) in [5, 5.41) is 12.1. The van der Waals surface area contributed by atoms with Crippen molar-refractivity contribution in [3.05, 3.63) is 24.0 Å². The number of hydrogen-bond donors (Lipinski definition) is 2. The maximum absolute atomic E-state index is 12.6. The van der Waals surface area contributed by atoms with Gasteiger partial charge in [0, 0.05) is 24.5 Å². The molecule has 1 amide bonds. The van der Waals surface area contributed by atoms with Gasteiger partial charge in [0.05, 0.1) is 11.2 Å². The molecule has 6 nitrogen and oxygen atoms in total. The van der Waals surface area contributed by atoms with Crippen molar-refractivity contribution >= 4 is 16.9 Å². The molecular formula is C16H21N5O. The minimum Gasteiger partial charge on any atom is -0.345 e. The molecule has 2 aliphatic rings. The Balaban J connectivity index is 1.61. The lowest BCUT2D eigenvalue weighted by atomic mass is 9.97. The zero-order valence-electron chi connectivity index (χ0n) is 13.1. The summed E-state index contributed by atoms with van der Waals surface area (Å²) in [7, 11) is 1.88. The van der Waals surface area contributed by atoms with E-state index in [0.29, 0.717) is 11.8 Å². The molecule has 0 spiro atoms. The Bertz CT molecular complexity index is 740. The fraction of sp³-hybridized carbons (Fsp3) is 0.562. The average Bonchev–Trinajstić information content (AvgIpc) is 2.82. The van der Waals surface area contributed by atoms with Crippen molar-refractivity contribution in [3.8, 4) is 0 Å². The number of aryl methyl sites for hydroxylation is 1. The highest BCUT2D eigenvalue weighted by Gasteiger charge is 2.57. The van der Waals surface area contributed by atoms with Crippen LogP contribution in [0.1, 0.15) is 19.5 Å². The first-order chi connectivity index (χ1) is 10.5. The minimum absolute atomic E-state index is 0.157. The van der Waals surface area contributed by atoms with Crippen molar-refractivity contribution in [2.45, 2.75) is 19.4 Å². The average molecular weight is 299 g/mol. The van der Waals surface area contributed by atoms with E-state index in [-0.39, 0.29) is 11.8 Å². The number of nitrogens with one attached hydrogen (secondary N) is 2. The van der Waals surface area contributed by atoms with Crippen LogP contribution in [0, 0.1) is 17.8 Å². The molecule has 1 saturated carbocycles. The Morgan fingerprint density at radius 1 is 1.41 bits per heavy atom. The molecule has 0 radical (unpaired) electrons. The van der Waals surface area contributed by atoms with Gasteiger partial charge in [0.1, 0.15) is 0 Å². The molecular weight excluding hydrogens is 278 g/mol. The Morgan fingerprint density at radius 2 is 2.14 bits per heavy atom. The summed E-state index contributed by atoms with van der Waals surface area (Å²) in [4.78, 5) is 16.9. The van der Waals surface area contributed by atoms with Crippen molar-refractivity contribution in [2.75, 3.05) is 13.1 Å². The van der Waals surface area contributed by atoms with E-state index in [1.807, 2.05) is 33.0 Å². The summed E-state index contributed by atoms with van der Waals surface area (Å²) in [6, 6.07) is 3.91. The largest absolute Gasteiger partial charge is 0.345 e. The molecule has 0 aromatic carbocycles. The van der Waals surface area contributed by atoms with E-state index in [1.165, 1.54) is 0 Å². The second-order valence-corrected chi connectivity index (χ2v) is 6.97. The first-order valence-corrected chi connectivity index (χ1v) is 7.80. The lowest BCUT2D eigenvalue weighted by Gasteiger charge is -2.25. The first-order valence-electron chi connectivity index (χ1n) is 7.80. The van der Waals surface area contributed by atoms with Crippen LogP contribution < -0.4 is 10.6 Å². The molecule has 6 heteroatoms. The molecule has 2 fully saturated rings. The van der Waals surface area contributed by atoms with Crippen molar-refractivity contribution in [1.82, 2.24) is 25.4 Å². The van der Waals surface area contributed by atoms with Gasteiger partial charge >= 0.3 is 0 Å². The van der Waals surface area contributed by atoms with E-state index in [4.69, 9.17) is 0 Å². The van der Waals surface area contributed by atoms with Gasteiger partial charge in [0.25, 0.3) is 0 Å². The third-order valence-electron chi connectivity index (χ3n) is 5.02. The van der Waals surface area contributed by atoms with Gasteiger partial charge in [0.2, 0.25) is 5.91 Å². The van der Waals surface area contributed by atoms with Gasteiger partial charge in [-0.1, -0.05) is 0 Å². The van der Waals surface area contributed by atoms with Gasteiger partial charge in [-0.2, -0.15) is 5.10 Å². The maximum Gasteiger partial charge on any atom is 0.224 e. The van der Waals surface area contributed by atoms with Gasteiger partial charge < -0.3 is 10.6 Å². The van der Waals surface area contributed by atoms with Crippen LogP contribution in [0.2, 0.25) is 0 Å². The number of nitrogens with zero attached hydrogens (tertiary/aromatic N) is 3. The lowest BCUT2D eigenvalue weighted by Crippen LogP contribution is -2.43. The predicted molar refractivity (Wildman–Crippen MR) is 83.0 cm³/mol. The topological polar surface area (TPSA) is 71.8 Å². The number of carbonyl (C=O) groups is 1. The molecule has 2 aromatic rings. The quantitative estimate of drug-likeness (QED) is 0.879. The van der Waals surface area contributed by atoms with Crippen LogP contribution in [-0.4, -0.2) is 33.8 Å². The van der Waals surface area contributed by atoms with Crippen LogP contribution in [0.15, 0.2) is 18.3 Å². The van der Waals surface area contributed by atoms with E-state index < -0.39 is 5.54 Å². The van der Waals surface area contributed by atoms with Crippen LogP contribution in [0.3, 0.4) is 0 Å². The van der Waals surface area contributed by atoms with E-state index >= 15 is 0 Å². The Labute approximate surface area is 129 Å². The van der Waals surface area contributed by atoms with Gasteiger partial charge in [-0.3, -0.25) is 9.48 Å². The number of amides is 1. The summed E-state index contributed by atoms with van der Waals surface area (Å²) in [5.41, 5.74) is 1.20. The Hall–Kier alpha value is -1.95. The summed E-state index contributed by atoms with van der Waals surface area (Å²) < 4.78 is 1.77. The number of fused-ring (bicyclic) bond motifs is 2. The molecule has 2 aromatic heterocycles. The molecule has 22 heavy (non-hydrogen) atoms. The van der Waals surface area contributed by atoms with Crippen LogP contribution in [-0.2, 0) is 17.4 Å². The van der Waals surface area contributed by atoms with Crippen LogP contribution in [0.25, 0.3) is 11.0 Å². The van der Waals surface area contributed by atoms with Crippen molar-refractivity contribution in [1.29, 1.82) is 0 Å². The maximum atomic E-state index is 12.6. The van der Waals surface area contributed by atoms with Crippen LogP contribution in [0.5, 0.6) is 0 Å². The van der Waals surface area contributed by atoms with Crippen molar-refractivity contribution in [3.63, 3.8) is 0 Å². The van der Waals surface area contributed by atoms with Crippen LogP contribution in [0.4, 0.5) is 0 Å². The number of piperidine rings is 1. The molecule has 3 atom stereocenters. The summed E-state index contributed by atoms with van der Waals surface area (Å²) >= 11 is 0. The smallest absolute Gasteiger partial charge is 0.224 e. The molecule has 2 N–H and O–H groups in total. The second-order valence-electron chi connectivity index (χ2n) is 6.97. The van der Waals surface area contributed by atoms with Gasteiger partial charge in [-0.25, -0.2) is 4.98 Å². The fourth-order valence-corrected chi connectivity index (χ4v) is 3.81. The third kappa shape index (κ3) is 1.94. The summed E-state index contributed by atoms with van der Waals surface area (Å²) in [5.74, 6) is 1.38. The zero-order valence-corrected chi connectivity index (χ0v) is 13.1. The molecule has 0 unspecified atom stereocenters. The third-order valence-corrected chi connectivity index (χ3v) is 5.02.